The fourth-order valence-electron chi connectivity index (χ4n) is 4.28. The third kappa shape index (κ3) is 4.61. The van der Waals surface area contributed by atoms with E-state index in [-0.39, 0.29) is 24.2 Å². The van der Waals surface area contributed by atoms with Crippen molar-refractivity contribution in [1.29, 1.82) is 0 Å². The Kier molecular flexibility index (Phi) is 6.27. The lowest BCUT2D eigenvalue weighted by Crippen LogP contribution is -2.44. The van der Waals surface area contributed by atoms with Crippen molar-refractivity contribution in [2.24, 2.45) is 0 Å². The highest BCUT2D eigenvalue weighted by Crippen LogP contribution is 2.20. The quantitative estimate of drug-likeness (QED) is 0.636. The molecule has 0 aliphatic carbocycles. The molecule has 3 N–H and O–H groups in total. The number of ketones is 1. The summed E-state index contributed by atoms with van der Waals surface area (Å²) in [4.78, 5) is 26.6. The van der Waals surface area contributed by atoms with E-state index in [1.54, 1.807) is 29.2 Å². The minimum atomic E-state index is -0.593. The van der Waals surface area contributed by atoms with Gasteiger partial charge in [0, 0.05) is 43.2 Å². The topological polar surface area (TPSA) is 89.9 Å². The summed E-state index contributed by atoms with van der Waals surface area (Å²) < 4.78 is 0. The third-order valence-electron chi connectivity index (χ3n) is 6.15. The Morgan fingerprint density at radius 1 is 1.07 bits per heavy atom. The second kappa shape index (κ2) is 9.08. The summed E-state index contributed by atoms with van der Waals surface area (Å²) in [6.07, 6.45) is 0.968. The third-order valence-corrected chi connectivity index (χ3v) is 6.15. The number of carbonyl (C=O) groups is 2. The van der Waals surface area contributed by atoms with Gasteiger partial charge >= 0.3 is 0 Å². The van der Waals surface area contributed by atoms with Gasteiger partial charge in [-0.25, -0.2) is 0 Å². The molecule has 1 fully saturated rings. The Balaban J connectivity index is 1.29. The number of amides is 1. The molecule has 6 nitrogen and oxygen atoms in total. The highest BCUT2D eigenvalue weighted by molar-refractivity contribution is 5.98. The molecule has 1 unspecified atom stereocenters. The van der Waals surface area contributed by atoms with Gasteiger partial charge in [-0.05, 0) is 42.5 Å². The van der Waals surface area contributed by atoms with E-state index in [0.717, 1.165) is 13.0 Å². The molecule has 30 heavy (non-hydrogen) atoms. The van der Waals surface area contributed by atoms with Gasteiger partial charge in [0.15, 0.2) is 5.78 Å². The first-order valence-electron chi connectivity index (χ1n) is 10.6. The summed E-state index contributed by atoms with van der Waals surface area (Å²) in [7, 11) is 0. The van der Waals surface area contributed by atoms with E-state index in [0.29, 0.717) is 37.1 Å². The number of aliphatic hydroxyl groups is 2. The molecule has 0 spiro atoms. The van der Waals surface area contributed by atoms with Gasteiger partial charge < -0.3 is 20.4 Å². The van der Waals surface area contributed by atoms with Gasteiger partial charge in [-0.1, -0.05) is 36.4 Å². The smallest absolute Gasteiger partial charge is 0.253 e. The normalized spacial score (nSPS) is 21.9. The van der Waals surface area contributed by atoms with Gasteiger partial charge in [-0.2, -0.15) is 0 Å². The van der Waals surface area contributed by atoms with Crippen molar-refractivity contribution in [3.05, 3.63) is 70.8 Å². The molecule has 1 saturated heterocycles. The Hall–Kier alpha value is -2.54. The number of hydrogen-bond acceptors (Lipinski definition) is 5. The summed E-state index contributed by atoms with van der Waals surface area (Å²) >= 11 is 0. The molecule has 0 aromatic heterocycles. The fourth-order valence-corrected chi connectivity index (χ4v) is 4.28. The van der Waals surface area contributed by atoms with Gasteiger partial charge in [0.05, 0.1) is 12.2 Å². The van der Waals surface area contributed by atoms with Crippen LogP contribution in [0.1, 0.15) is 51.1 Å². The average molecular weight is 408 g/mol. The van der Waals surface area contributed by atoms with E-state index < -0.39 is 12.2 Å². The summed E-state index contributed by atoms with van der Waals surface area (Å²) in [6.45, 7) is 1.64. The zero-order valence-electron chi connectivity index (χ0n) is 17.0. The maximum atomic E-state index is 12.6. The van der Waals surface area contributed by atoms with Gasteiger partial charge in [0.2, 0.25) is 0 Å². The zero-order valence-corrected chi connectivity index (χ0v) is 17.0. The molecular formula is C24H28N2O4. The van der Waals surface area contributed by atoms with Crippen LogP contribution < -0.4 is 5.32 Å². The molecule has 3 atom stereocenters. The molecule has 0 saturated carbocycles. The summed E-state index contributed by atoms with van der Waals surface area (Å²) in [5, 5.41) is 23.5. The number of nitrogens with one attached hydrogen (secondary N) is 1. The molecule has 0 radical (unpaired) electrons. The van der Waals surface area contributed by atoms with E-state index in [2.05, 4.69) is 17.4 Å². The summed E-state index contributed by atoms with van der Waals surface area (Å²) in [6, 6.07) is 14.8. The minimum absolute atomic E-state index is 0.0409. The van der Waals surface area contributed by atoms with E-state index in [1.807, 2.05) is 12.1 Å². The molecule has 1 amide bonds. The van der Waals surface area contributed by atoms with Gasteiger partial charge in [-0.3, -0.25) is 9.59 Å². The molecule has 2 aliphatic rings. The van der Waals surface area contributed by atoms with E-state index in [9.17, 15) is 19.8 Å². The SMILES string of the molecule is O=C(CC[C@@H](O)[C@@H]1Cc2ccccc2CN1)c1ccc(C(=O)N2CCC(O)C2)cc1. The van der Waals surface area contributed by atoms with Crippen molar-refractivity contribution in [2.75, 3.05) is 13.1 Å². The van der Waals surface area contributed by atoms with Crippen LogP contribution in [0.4, 0.5) is 0 Å². The van der Waals surface area contributed by atoms with Crippen molar-refractivity contribution in [3.63, 3.8) is 0 Å². The number of rotatable bonds is 6. The lowest BCUT2D eigenvalue weighted by Gasteiger charge is -2.29. The second-order valence-electron chi connectivity index (χ2n) is 8.26. The zero-order chi connectivity index (χ0) is 21.1. The van der Waals surface area contributed by atoms with Crippen LogP contribution in [0.5, 0.6) is 0 Å². The molecular weight excluding hydrogens is 380 g/mol. The lowest BCUT2D eigenvalue weighted by atomic mass is 9.90. The predicted octanol–water partition coefficient (Wildman–Crippen LogP) is 1.93. The Morgan fingerprint density at radius 2 is 1.77 bits per heavy atom. The van der Waals surface area contributed by atoms with Gasteiger partial charge in [0.1, 0.15) is 0 Å². The number of hydrogen-bond donors (Lipinski definition) is 3. The van der Waals surface area contributed by atoms with Crippen LogP contribution in [0, 0.1) is 0 Å². The molecule has 2 aromatic rings. The first-order chi connectivity index (χ1) is 14.5. The minimum Gasteiger partial charge on any atom is -0.391 e. The molecule has 2 aromatic carbocycles. The van der Waals surface area contributed by atoms with Crippen molar-refractivity contribution in [3.8, 4) is 0 Å². The largest absolute Gasteiger partial charge is 0.391 e. The number of nitrogens with zero attached hydrogens (tertiary/aromatic N) is 1. The van der Waals surface area contributed by atoms with Gasteiger partial charge in [-0.15, -0.1) is 0 Å². The van der Waals surface area contributed by atoms with Crippen molar-refractivity contribution in [1.82, 2.24) is 10.2 Å². The summed E-state index contributed by atoms with van der Waals surface area (Å²) in [5.74, 6) is -0.162. The van der Waals surface area contributed by atoms with E-state index in [4.69, 9.17) is 0 Å². The van der Waals surface area contributed by atoms with Crippen LogP contribution in [0.25, 0.3) is 0 Å². The highest BCUT2D eigenvalue weighted by Gasteiger charge is 2.26. The maximum absolute atomic E-state index is 12.6. The summed E-state index contributed by atoms with van der Waals surface area (Å²) in [5.41, 5.74) is 3.57. The Labute approximate surface area is 176 Å². The van der Waals surface area contributed by atoms with Crippen molar-refractivity contribution in [2.45, 2.75) is 50.5 Å². The first-order valence-corrected chi connectivity index (χ1v) is 10.6. The molecule has 0 bridgehead atoms. The monoisotopic (exact) mass is 408 g/mol. The van der Waals surface area contributed by atoms with Crippen LogP contribution in [0.15, 0.2) is 48.5 Å². The number of benzene rings is 2. The number of fused-ring (bicyclic) bond motifs is 1. The predicted molar refractivity (Wildman–Crippen MR) is 113 cm³/mol. The van der Waals surface area contributed by atoms with E-state index in [1.165, 1.54) is 11.1 Å². The number of aliphatic hydroxyl groups excluding tert-OH is 2. The standard InChI is InChI=1S/C24H28N2O4/c27-20-11-12-26(15-20)24(30)17-7-5-16(6-8-17)22(28)9-10-23(29)21-13-18-3-1-2-4-19(18)14-25-21/h1-8,20-21,23,25,27,29H,9-15H2/t20?,21-,23+/m0/s1. The molecule has 2 heterocycles. The number of likely N-dealkylation sites (tertiary alicyclic amines) is 1. The van der Waals surface area contributed by atoms with Crippen LogP contribution in [-0.2, 0) is 13.0 Å². The van der Waals surface area contributed by atoms with Crippen molar-refractivity contribution >= 4 is 11.7 Å². The average Bonchev–Trinajstić information content (AvgIpc) is 3.22. The number of β-amino-alcohol motifs (C(OH)–C–C–N with tert-alkyl or cyclic N) is 1. The maximum Gasteiger partial charge on any atom is 0.253 e. The van der Waals surface area contributed by atoms with Crippen LogP contribution >= 0.6 is 0 Å². The first kappa shape index (κ1) is 20.7. The van der Waals surface area contributed by atoms with E-state index >= 15 is 0 Å². The number of Topliss-reactive ketones (excluding diaryl/α,β-unsaturated/α-hetero) is 1. The number of carbonyl (C=O) groups excluding carboxylic acids is 2. The second-order valence-corrected chi connectivity index (χ2v) is 8.26. The van der Waals surface area contributed by atoms with Crippen LogP contribution in [-0.4, -0.2) is 58.1 Å². The Bertz CT molecular complexity index is 912. The Morgan fingerprint density at radius 3 is 2.47 bits per heavy atom. The molecule has 2 aliphatic heterocycles. The van der Waals surface area contributed by atoms with Crippen molar-refractivity contribution < 1.29 is 19.8 Å². The molecule has 158 valence electrons. The van der Waals surface area contributed by atoms with Crippen LogP contribution in [0.2, 0.25) is 0 Å². The fraction of sp³-hybridized carbons (Fsp3) is 0.417. The lowest BCUT2D eigenvalue weighted by molar-refractivity contribution is 0.0764. The molecule has 6 heteroatoms. The molecule has 4 rings (SSSR count). The van der Waals surface area contributed by atoms with Crippen LogP contribution in [0.3, 0.4) is 0 Å². The van der Waals surface area contributed by atoms with Gasteiger partial charge in [0.25, 0.3) is 5.91 Å². The highest BCUT2D eigenvalue weighted by atomic mass is 16.3.